The van der Waals surface area contributed by atoms with E-state index in [1.54, 1.807) is 24.3 Å². The fourth-order valence-corrected chi connectivity index (χ4v) is 1.58. The second-order valence-corrected chi connectivity index (χ2v) is 3.81. The first-order valence-corrected chi connectivity index (χ1v) is 5.30. The Hall–Kier alpha value is -2.57. The van der Waals surface area contributed by atoms with Crippen molar-refractivity contribution in [3.8, 4) is 0 Å². The molecular weight excluding hydrogens is 236 g/mol. The molecule has 0 aliphatic carbocycles. The third kappa shape index (κ3) is 2.57. The Morgan fingerprint density at radius 2 is 2.22 bits per heavy atom. The van der Waals surface area contributed by atoms with E-state index >= 15 is 0 Å². The molecule has 1 aromatic carbocycles. The molecule has 0 radical (unpaired) electrons. The van der Waals surface area contributed by atoms with Gasteiger partial charge in [0.1, 0.15) is 6.54 Å². The molecule has 1 saturated heterocycles. The fourth-order valence-electron chi connectivity index (χ4n) is 1.58. The van der Waals surface area contributed by atoms with Crippen molar-refractivity contribution in [2.45, 2.75) is 0 Å². The van der Waals surface area contributed by atoms with Gasteiger partial charge in [-0.1, -0.05) is 6.07 Å². The molecule has 18 heavy (non-hydrogen) atoms. The van der Waals surface area contributed by atoms with Gasteiger partial charge in [0.2, 0.25) is 5.91 Å². The number of carbonyl (C=O) groups excluding carboxylic acids is 3. The number of imide groups is 1. The monoisotopic (exact) mass is 248 g/mol. The van der Waals surface area contributed by atoms with E-state index in [9.17, 15) is 14.4 Å². The topological polar surface area (TPSA) is 105 Å². The zero-order chi connectivity index (χ0) is 13.1. The average Bonchev–Trinajstić information content (AvgIpc) is 2.61. The second kappa shape index (κ2) is 4.74. The van der Waals surface area contributed by atoms with Crippen molar-refractivity contribution in [3.05, 3.63) is 24.3 Å². The molecule has 7 heteroatoms. The number of urea groups is 1. The highest BCUT2D eigenvalue weighted by molar-refractivity contribution is 6.06. The number of nitrogens with zero attached hydrogens (tertiary/aromatic N) is 1. The maximum Gasteiger partial charge on any atom is 0.325 e. The summed E-state index contributed by atoms with van der Waals surface area (Å²) in [6.07, 6.45) is 0. The van der Waals surface area contributed by atoms with Gasteiger partial charge in [0.15, 0.2) is 0 Å². The number of rotatable bonds is 3. The van der Waals surface area contributed by atoms with Crippen LogP contribution >= 0.6 is 0 Å². The summed E-state index contributed by atoms with van der Waals surface area (Å²) in [4.78, 5) is 35.0. The third-order valence-corrected chi connectivity index (χ3v) is 2.41. The van der Waals surface area contributed by atoms with E-state index in [1.807, 2.05) is 0 Å². The van der Waals surface area contributed by atoms with Crippen LogP contribution < -0.4 is 16.4 Å². The number of anilines is 2. The number of hydrogen-bond donors (Lipinski definition) is 3. The van der Waals surface area contributed by atoms with Gasteiger partial charge >= 0.3 is 6.03 Å². The minimum atomic E-state index is -0.553. The minimum absolute atomic E-state index is 0.0651. The molecule has 4 amide bonds. The third-order valence-electron chi connectivity index (χ3n) is 2.41. The molecule has 1 aliphatic heterocycles. The van der Waals surface area contributed by atoms with Crippen LogP contribution in [0, 0.1) is 0 Å². The van der Waals surface area contributed by atoms with E-state index in [-0.39, 0.29) is 13.1 Å². The van der Waals surface area contributed by atoms with Crippen LogP contribution in [0.25, 0.3) is 0 Å². The number of nitrogens with two attached hydrogens (primary N) is 1. The predicted molar refractivity (Wildman–Crippen MR) is 64.6 cm³/mol. The van der Waals surface area contributed by atoms with Crippen molar-refractivity contribution in [1.82, 2.24) is 10.2 Å². The van der Waals surface area contributed by atoms with Gasteiger partial charge in [-0.2, -0.15) is 0 Å². The fraction of sp³-hybridized carbons (Fsp3) is 0.182. The van der Waals surface area contributed by atoms with Crippen molar-refractivity contribution >= 4 is 29.2 Å². The molecule has 7 nitrogen and oxygen atoms in total. The molecule has 0 bridgehead atoms. The Balaban J connectivity index is 1.97. The maximum atomic E-state index is 11.6. The van der Waals surface area contributed by atoms with Gasteiger partial charge < -0.3 is 16.4 Å². The first-order valence-electron chi connectivity index (χ1n) is 5.30. The van der Waals surface area contributed by atoms with E-state index in [4.69, 9.17) is 5.73 Å². The summed E-state index contributed by atoms with van der Waals surface area (Å²) in [5, 5.41) is 4.89. The zero-order valence-electron chi connectivity index (χ0n) is 9.47. The normalized spacial score (nSPS) is 14.6. The Morgan fingerprint density at radius 1 is 1.44 bits per heavy atom. The van der Waals surface area contributed by atoms with Crippen molar-refractivity contribution in [2.24, 2.45) is 0 Å². The molecule has 2 rings (SSSR count). The van der Waals surface area contributed by atoms with Crippen molar-refractivity contribution in [2.75, 3.05) is 24.1 Å². The molecule has 1 fully saturated rings. The zero-order valence-corrected chi connectivity index (χ0v) is 9.47. The molecule has 0 spiro atoms. The number of amides is 4. The van der Waals surface area contributed by atoms with Crippen LogP contribution in [0.2, 0.25) is 0 Å². The molecular formula is C11H12N4O3. The standard InChI is InChI=1S/C11H12N4O3/c12-7-2-1-3-8(4-7)14-9(16)6-15-10(17)5-13-11(15)18/h1-4H,5-6,12H2,(H,13,18)(H,14,16). The number of hydrogen-bond acceptors (Lipinski definition) is 4. The van der Waals surface area contributed by atoms with Gasteiger partial charge in [0.25, 0.3) is 5.91 Å². The van der Waals surface area contributed by atoms with Gasteiger partial charge in [-0.25, -0.2) is 4.79 Å². The summed E-state index contributed by atoms with van der Waals surface area (Å²) in [6, 6.07) is 6.08. The van der Waals surface area contributed by atoms with Gasteiger partial charge in [-0.05, 0) is 18.2 Å². The van der Waals surface area contributed by atoms with E-state index in [0.29, 0.717) is 11.4 Å². The number of nitrogen functional groups attached to an aromatic ring is 1. The van der Waals surface area contributed by atoms with Crippen LogP contribution in [0.5, 0.6) is 0 Å². The van der Waals surface area contributed by atoms with Crippen LogP contribution in [-0.2, 0) is 9.59 Å². The molecule has 0 unspecified atom stereocenters. The predicted octanol–water partition coefficient (Wildman–Crippen LogP) is -0.241. The molecule has 4 N–H and O–H groups in total. The van der Waals surface area contributed by atoms with E-state index in [1.165, 1.54) is 0 Å². The minimum Gasteiger partial charge on any atom is -0.399 e. The van der Waals surface area contributed by atoms with Crippen LogP contribution in [0.4, 0.5) is 16.2 Å². The van der Waals surface area contributed by atoms with Gasteiger partial charge in [0, 0.05) is 11.4 Å². The van der Waals surface area contributed by atoms with Gasteiger partial charge in [-0.15, -0.1) is 0 Å². The molecule has 0 atom stereocenters. The maximum absolute atomic E-state index is 11.6. The SMILES string of the molecule is Nc1cccc(NC(=O)CN2C(=O)CNC2=O)c1. The summed E-state index contributed by atoms with van der Waals surface area (Å²) in [7, 11) is 0. The quantitative estimate of drug-likeness (QED) is 0.507. The number of nitrogens with one attached hydrogen (secondary N) is 2. The second-order valence-electron chi connectivity index (χ2n) is 3.81. The highest BCUT2D eigenvalue weighted by atomic mass is 16.2. The summed E-state index contributed by atoms with van der Waals surface area (Å²) in [5.41, 5.74) is 6.60. The summed E-state index contributed by atoms with van der Waals surface area (Å²) < 4.78 is 0. The van der Waals surface area contributed by atoms with Crippen LogP contribution in [-0.4, -0.2) is 35.8 Å². The molecule has 1 heterocycles. The molecule has 1 aliphatic rings. The van der Waals surface area contributed by atoms with Gasteiger partial charge in [-0.3, -0.25) is 14.5 Å². The lowest BCUT2D eigenvalue weighted by atomic mass is 10.3. The van der Waals surface area contributed by atoms with Gasteiger partial charge in [0.05, 0.1) is 6.54 Å². The van der Waals surface area contributed by atoms with Crippen molar-refractivity contribution < 1.29 is 14.4 Å². The van der Waals surface area contributed by atoms with Crippen LogP contribution in [0.1, 0.15) is 0 Å². The van der Waals surface area contributed by atoms with Crippen molar-refractivity contribution in [1.29, 1.82) is 0 Å². The van der Waals surface area contributed by atoms with E-state index in [0.717, 1.165) is 4.90 Å². The highest BCUT2D eigenvalue weighted by Crippen LogP contribution is 2.11. The largest absolute Gasteiger partial charge is 0.399 e. The lowest BCUT2D eigenvalue weighted by molar-refractivity contribution is -0.128. The summed E-state index contributed by atoms with van der Waals surface area (Å²) in [6.45, 7) is -0.371. The Bertz CT molecular complexity index is 499. The van der Waals surface area contributed by atoms with E-state index in [2.05, 4.69) is 10.6 Å². The Labute approximate surface area is 103 Å². The Kier molecular flexibility index (Phi) is 3.13. The van der Waals surface area contributed by atoms with E-state index < -0.39 is 17.8 Å². The first-order chi connectivity index (χ1) is 8.56. The molecule has 94 valence electrons. The first kappa shape index (κ1) is 11.9. The van der Waals surface area contributed by atoms with Crippen LogP contribution in [0.15, 0.2) is 24.3 Å². The Morgan fingerprint density at radius 3 is 2.83 bits per heavy atom. The lowest BCUT2D eigenvalue weighted by Gasteiger charge is -2.12. The number of benzene rings is 1. The molecule has 0 aromatic heterocycles. The summed E-state index contributed by atoms with van der Waals surface area (Å²) in [5.74, 6) is -0.867. The smallest absolute Gasteiger partial charge is 0.325 e. The molecule has 1 aromatic rings. The number of carbonyl (C=O) groups is 3. The van der Waals surface area contributed by atoms with Crippen molar-refractivity contribution in [3.63, 3.8) is 0 Å². The molecule has 0 saturated carbocycles. The van der Waals surface area contributed by atoms with Crippen LogP contribution in [0.3, 0.4) is 0 Å². The highest BCUT2D eigenvalue weighted by Gasteiger charge is 2.30. The summed E-state index contributed by atoms with van der Waals surface area (Å²) >= 11 is 0. The lowest BCUT2D eigenvalue weighted by Crippen LogP contribution is -2.38. The average molecular weight is 248 g/mol.